The lowest BCUT2D eigenvalue weighted by Gasteiger charge is -2.19. The minimum absolute atomic E-state index is 0.105. The lowest BCUT2D eigenvalue weighted by atomic mass is 9.86. The van der Waals surface area contributed by atoms with Gasteiger partial charge in [0, 0.05) is 24.3 Å². The largest absolute Gasteiger partial charge is 0.377 e. The molecular formula is C14H16N4OS. The zero-order valence-corrected chi connectivity index (χ0v) is 12.5. The zero-order chi connectivity index (χ0) is 14.3. The molecule has 2 aromatic rings. The Balaban J connectivity index is 2.01. The quantitative estimate of drug-likeness (QED) is 0.942. The number of nitrogens with one attached hydrogen (secondary N) is 1. The second-order valence-corrected chi connectivity index (χ2v) is 6.09. The lowest BCUT2D eigenvalue weighted by Crippen LogP contribution is -2.35. The summed E-state index contributed by atoms with van der Waals surface area (Å²) in [5.74, 6) is 0.105. The Hall–Kier alpha value is -1.95. The van der Waals surface area contributed by atoms with E-state index in [2.05, 4.69) is 14.9 Å². The van der Waals surface area contributed by atoms with Crippen LogP contribution >= 0.6 is 11.5 Å². The number of hydrogen-bond acceptors (Lipinski definition) is 5. The fourth-order valence-electron chi connectivity index (χ4n) is 2.61. The van der Waals surface area contributed by atoms with Crippen molar-refractivity contribution in [3.8, 4) is 0 Å². The molecule has 1 aromatic carbocycles. The summed E-state index contributed by atoms with van der Waals surface area (Å²) in [6.45, 7) is 4.38. The van der Waals surface area contributed by atoms with Crippen LogP contribution in [0.25, 0.3) is 0 Å². The topological polar surface area (TPSA) is 58.1 Å². The van der Waals surface area contributed by atoms with Crippen LogP contribution in [0.3, 0.4) is 0 Å². The highest BCUT2D eigenvalue weighted by Gasteiger charge is 2.43. The number of aromatic nitrogens is 2. The van der Waals surface area contributed by atoms with Gasteiger partial charge in [0.2, 0.25) is 5.91 Å². The van der Waals surface area contributed by atoms with Crippen molar-refractivity contribution in [2.24, 2.45) is 0 Å². The van der Waals surface area contributed by atoms with Gasteiger partial charge in [-0.3, -0.25) is 4.79 Å². The molecule has 1 amide bonds. The van der Waals surface area contributed by atoms with E-state index >= 15 is 0 Å². The number of benzene rings is 1. The van der Waals surface area contributed by atoms with Crippen LogP contribution in [0, 0.1) is 0 Å². The van der Waals surface area contributed by atoms with E-state index in [1.54, 1.807) is 4.90 Å². The summed E-state index contributed by atoms with van der Waals surface area (Å²) in [5, 5.41) is 8.09. The first kappa shape index (κ1) is 13.1. The average Bonchev–Trinajstić information content (AvgIpc) is 2.97. The van der Waals surface area contributed by atoms with Gasteiger partial charge in [0.1, 0.15) is 10.7 Å². The van der Waals surface area contributed by atoms with Gasteiger partial charge in [-0.25, -0.2) is 0 Å². The van der Waals surface area contributed by atoms with E-state index in [0.717, 1.165) is 21.9 Å². The molecule has 5 nitrogen and oxygen atoms in total. The molecule has 0 fully saturated rings. The summed E-state index contributed by atoms with van der Waals surface area (Å²) < 4.78 is 3.94. The molecule has 20 heavy (non-hydrogen) atoms. The van der Waals surface area contributed by atoms with E-state index in [1.807, 2.05) is 45.2 Å². The molecule has 1 aliphatic heterocycles. The Bertz CT molecular complexity index is 665. The summed E-state index contributed by atoms with van der Waals surface area (Å²) >= 11 is 1.31. The molecule has 0 radical (unpaired) electrons. The Morgan fingerprint density at radius 2 is 2.10 bits per heavy atom. The van der Waals surface area contributed by atoms with E-state index in [1.165, 1.54) is 11.5 Å². The maximum absolute atomic E-state index is 12.7. The van der Waals surface area contributed by atoms with Gasteiger partial charge in [-0.2, -0.15) is 0 Å². The molecule has 2 heterocycles. The van der Waals surface area contributed by atoms with Gasteiger partial charge in [0.25, 0.3) is 0 Å². The molecule has 0 aliphatic carbocycles. The van der Waals surface area contributed by atoms with E-state index in [4.69, 9.17) is 0 Å². The summed E-state index contributed by atoms with van der Waals surface area (Å²) in [6.07, 6.45) is 0. The van der Waals surface area contributed by atoms with Crippen molar-refractivity contribution in [1.82, 2.24) is 9.59 Å². The molecule has 1 aromatic heterocycles. The van der Waals surface area contributed by atoms with Crippen LogP contribution in [-0.4, -0.2) is 22.5 Å². The SMILES string of the molecule is CNc1snnc1CN1C(=O)C(C)(C)c2ccccc21. The third kappa shape index (κ3) is 1.79. The van der Waals surface area contributed by atoms with Crippen molar-refractivity contribution in [3.05, 3.63) is 35.5 Å². The van der Waals surface area contributed by atoms with Crippen molar-refractivity contribution in [2.45, 2.75) is 25.8 Å². The molecule has 0 bridgehead atoms. The fourth-order valence-corrected chi connectivity index (χ4v) is 3.13. The van der Waals surface area contributed by atoms with Crippen LogP contribution in [0.5, 0.6) is 0 Å². The van der Waals surface area contributed by atoms with Crippen molar-refractivity contribution in [3.63, 3.8) is 0 Å². The standard InChI is InChI=1S/C14H16N4OS/c1-14(2)9-6-4-5-7-11(9)18(13(14)19)8-10-12(15-3)20-17-16-10/h4-7,15H,8H2,1-3H3. The molecule has 0 atom stereocenters. The summed E-state index contributed by atoms with van der Waals surface area (Å²) in [7, 11) is 1.84. The van der Waals surface area contributed by atoms with Crippen LogP contribution in [0.2, 0.25) is 0 Å². The Kier molecular flexibility index (Phi) is 2.97. The Morgan fingerprint density at radius 1 is 1.35 bits per heavy atom. The number of carbonyl (C=O) groups excluding carboxylic acids is 1. The number of rotatable bonds is 3. The molecule has 104 valence electrons. The summed E-state index contributed by atoms with van der Waals surface area (Å²) in [6, 6.07) is 7.94. The molecule has 0 saturated heterocycles. The van der Waals surface area contributed by atoms with E-state index in [0.29, 0.717) is 6.54 Å². The first-order chi connectivity index (χ1) is 9.55. The van der Waals surface area contributed by atoms with E-state index < -0.39 is 5.41 Å². The lowest BCUT2D eigenvalue weighted by molar-refractivity contribution is -0.122. The van der Waals surface area contributed by atoms with Crippen LogP contribution < -0.4 is 10.2 Å². The number of anilines is 2. The third-order valence-electron chi connectivity index (χ3n) is 3.74. The molecule has 0 spiro atoms. The predicted octanol–water partition coefficient (Wildman–Crippen LogP) is 2.40. The predicted molar refractivity (Wildman–Crippen MR) is 80.1 cm³/mol. The minimum Gasteiger partial charge on any atom is -0.377 e. The normalized spacial score (nSPS) is 16.4. The highest BCUT2D eigenvalue weighted by molar-refractivity contribution is 7.10. The maximum atomic E-state index is 12.7. The Morgan fingerprint density at radius 3 is 2.85 bits per heavy atom. The Labute approximate surface area is 121 Å². The van der Waals surface area contributed by atoms with E-state index in [-0.39, 0.29) is 5.91 Å². The molecule has 1 N–H and O–H groups in total. The van der Waals surface area contributed by atoms with Gasteiger partial charge < -0.3 is 10.2 Å². The van der Waals surface area contributed by atoms with Gasteiger partial charge in [0.05, 0.1) is 12.0 Å². The molecule has 0 saturated carbocycles. The van der Waals surface area contributed by atoms with E-state index in [9.17, 15) is 4.79 Å². The molecule has 1 aliphatic rings. The second kappa shape index (κ2) is 4.56. The number of fused-ring (bicyclic) bond motifs is 1. The van der Waals surface area contributed by atoms with Gasteiger partial charge >= 0.3 is 0 Å². The number of hydrogen-bond donors (Lipinski definition) is 1. The van der Waals surface area contributed by atoms with Gasteiger partial charge in [-0.15, -0.1) is 5.10 Å². The average molecular weight is 288 g/mol. The third-order valence-corrected chi connectivity index (χ3v) is 4.52. The zero-order valence-electron chi connectivity index (χ0n) is 11.7. The molecule has 6 heteroatoms. The first-order valence-corrected chi connectivity index (χ1v) is 7.23. The van der Waals surface area contributed by atoms with Crippen LogP contribution in [0.15, 0.2) is 24.3 Å². The summed E-state index contributed by atoms with van der Waals surface area (Å²) in [5.41, 5.74) is 2.36. The second-order valence-electron chi connectivity index (χ2n) is 5.33. The van der Waals surface area contributed by atoms with Crippen LogP contribution in [0.1, 0.15) is 25.1 Å². The first-order valence-electron chi connectivity index (χ1n) is 6.46. The van der Waals surface area contributed by atoms with Crippen molar-refractivity contribution < 1.29 is 4.79 Å². The monoisotopic (exact) mass is 288 g/mol. The number of amides is 1. The van der Waals surface area contributed by atoms with Gasteiger partial charge in [-0.1, -0.05) is 22.7 Å². The van der Waals surface area contributed by atoms with Crippen molar-refractivity contribution in [1.29, 1.82) is 0 Å². The number of para-hydroxylation sites is 1. The van der Waals surface area contributed by atoms with Gasteiger partial charge in [0.15, 0.2) is 0 Å². The summed E-state index contributed by atoms with van der Waals surface area (Å²) in [4.78, 5) is 14.5. The number of carbonyl (C=O) groups is 1. The number of nitrogens with zero attached hydrogens (tertiary/aromatic N) is 3. The fraction of sp³-hybridized carbons (Fsp3) is 0.357. The van der Waals surface area contributed by atoms with Crippen LogP contribution in [0.4, 0.5) is 10.7 Å². The van der Waals surface area contributed by atoms with Crippen molar-refractivity contribution in [2.75, 3.05) is 17.3 Å². The molecular weight excluding hydrogens is 272 g/mol. The molecule has 0 unspecified atom stereocenters. The van der Waals surface area contributed by atoms with Gasteiger partial charge in [-0.05, 0) is 25.5 Å². The van der Waals surface area contributed by atoms with Crippen LogP contribution in [-0.2, 0) is 16.8 Å². The minimum atomic E-state index is -0.486. The highest BCUT2D eigenvalue weighted by atomic mass is 32.1. The highest BCUT2D eigenvalue weighted by Crippen LogP contribution is 2.42. The smallest absolute Gasteiger partial charge is 0.237 e. The maximum Gasteiger partial charge on any atom is 0.237 e. The van der Waals surface area contributed by atoms with Crippen molar-refractivity contribution >= 4 is 28.1 Å². The molecule has 3 rings (SSSR count).